The fraction of sp³-hybridized carbons (Fsp3) is 0.400. The Hall–Kier alpha value is -0.130. The van der Waals surface area contributed by atoms with Crippen LogP contribution in [0.25, 0.3) is 0 Å². The number of hydrogen-bond acceptors (Lipinski definition) is 2. The molecule has 0 aliphatic heterocycles. The Kier molecular flexibility index (Phi) is 4.15. The van der Waals surface area contributed by atoms with E-state index in [2.05, 4.69) is 22.6 Å². The molecule has 72 valence electrons. The van der Waals surface area contributed by atoms with Gasteiger partial charge in [0.15, 0.2) is 0 Å². The summed E-state index contributed by atoms with van der Waals surface area (Å²) >= 11 is 2.24. The minimum Gasteiger partial charge on any atom is -0.386 e. The van der Waals surface area contributed by atoms with Gasteiger partial charge in [0.25, 0.3) is 0 Å². The fourth-order valence-electron chi connectivity index (χ4n) is 1.18. The summed E-state index contributed by atoms with van der Waals surface area (Å²) in [6.07, 6.45) is -0.517. The maximum Gasteiger partial charge on any atom is 0.103 e. The molecule has 0 saturated carbocycles. The lowest BCUT2D eigenvalue weighted by Gasteiger charge is -2.12. The van der Waals surface area contributed by atoms with Gasteiger partial charge in [0, 0.05) is 10.7 Å². The molecule has 0 heterocycles. The third-order valence-electron chi connectivity index (χ3n) is 1.91. The predicted molar refractivity (Wildman–Crippen MR) is 60.7 cm³/mol. The molecular formula is C10H13IO2. The van der Waals surface area contributed by atoms with Gasteiger partial charge >= 0.3 is 0 Å². The van der Waals surface area contributed by atoms with Crippen LogP contribution in [0.5, 0.6) is 0 Å². The molecule has 1 unspecified atom stereocenters. The summed E-state index contributed by atoms with van der Waals surface area (Å²) in [5.74, 6) is 0. The van der Waals surface area contributed by atoms with E-state index in [4.69, 9.17) is 4.74 Å². The van der Waals surface area contributed by atoms with Crippen molar-refractivity contribution in [3.05, 3.63) is 32.9 Å². The molecule has 1 atom stereocenters. The molecule has 0 aliphatic rings. The van der Waals surface area contributed by atoms with Crippen LogP contribution in [0.15, 0.2) is 18.2 Å². The van der Waals surface area contributed by atoms with E-state index in [1.54, 1.807) is 7.11 Å². The summed E-state index contributed by atoms with van der Waals surface area (Å²) < 4.78 is 6.01. The molecule has 0 aliphatic carbocycles. The van der Waals surface area contributed by atoms with Crippen molar-refractivity contribution in [3.63, 3.8) is 0 Å². The van der Waals surface area contributed by atoms with E-state index in [0.29, 0.717) is 6.61 Å². The zero-order valence-corrected chi connectivity index (χ0v) is 9.91. The van der Waals surface area contributed by atoms with Gasteiger partial charge in [-0.2, -0.15) is 0 Å². The highest BCUT2D eigenvalue weighted by Gasteiger charge is 2.11. The standard InChI is InChI=1S/C10H13IO2/c1-7-4-3-5-8(10(7)11)9(12)6-13-2/h3-5,9,12H,6H2,1-2H3. The summed E-state index contributed by atoms with van der Waals surface area (Å²) in [6.45, 7) is 2.38. The topological polar surface area (TPSA) is 29.5 Å². The first kappa shape index (κ1) is 10.9. The van der Waals surface area contributed by atoms with Gasteiger partial charge in [0.05, 0.1) is 6.61 Å². The lowest BCUT2D eigenvalue weighted by Crippen LogP contribution is -2.07. The van der Waals surface area contributed by atoms with Gasteiger partial charge in [-0.15, -0.1) is 0 Å². The molecule has 0 aromatic heterocycles. The first-order chi connectivity index (χ1) is 6.16. The number of methoxy groups -OCH3 is 1. The van der Waals surface area contributed by atoms with Gasteiger partial charge < -0.3 is 9.84 Å². The molecule has 0 fully saturated rings. The normalized spacial score (nSPS) is 12.9. The molecule has 0 bridgehead atoms. The fourth-order valence-corrected chi connectivity index (χ4v) is 1.89. The molecule has 1 aromatic carbocycles. The number of aryl methyl sites for hydroxylation is 1. The first-order valence-electron chi connectivity index (χ1n) is 4.09. The van der Waals surface area contributed by atoms with Crippen LogP contribution in [0, 0.1) is 10.5 Å². The number of rotatable bonds is 3. The molecular weight excluding hydrogens is 279 g/mol. The van der Waals surface area contributed by atoms with Crippen molar-refractivity contribution < 1.29 is 9.84 Å². The van der Waals surface area contributed by atoms with E-state index < -0.39 is 6.10 Å². The van der Waals surface area contributed by atoms with Crippen LogP contribution in [0.3, 0.4) is 0 Å². The quantitative estimate of drug-likeness (QED) is 0.866. The predicted octanol–water partition coefficient (Wildman–Crippen LogP) is 2.28. The monoisotopic (exact) mass is 292 g/mol. The van der Waals surface area contributed by atoms with Crippen molar-refractivity contribution >= 4 is 22.6 Å². The van der Waals surface area contributed by atoms with Gasteiger partial charge in [-0.05, 0) is 40.6 Å². The van der Waals surface area contributed by atoms with Crippen molar-refractivity contribution in [2.75, 3.05) is 13.7 Å². The number of aliphatic hydroxyl groups excluding tert-OH is 1. The largest absolute Gasteiger partial charge is 0.386 e. The second-order valence-corrected chi connectivity index (χ2v) is 4.03. The summed E-state index contributed by atoms with van der Waals surface area (Å²) in [4.78, 5) is 0. The Balaban J connectivity index is 2.93. The van der Waals surface area contributed by atoms with E-state index in [9.17, 15) is 5.11 Å². The second-order valence-electron chi connectivity index (χ2n) is 2.95. The number of benzene rings is 1. The zero-order chi connectivity index (χ0) is 9.84. The van der Waals surface area contributed by atoms with Crippen LogP contribution in [0.4, 0.5) is 0 Å². The molecule has 1 rings (SSSR count). The Morgan fingerprint density at radius 3 is 2.85 bits per heavy atom. The zero-order valence-electron chi connectivity index (χ0n) is 7.75. The average Bonchev–Trinajstić information content (AvgIpc) is 2.10. The number of aliphatic hydroxyl groups is 1. The van der Waals surface area contributed by atoms with Crippen molar-refractivity contribution in [2.45, 2.75) is 13.0 Å². The average molecular weight is 292 g/mol. The molecule has 0 saturated heterocycles. The Bertz CT molecular complexity index is 286. The SMILES string of the molecule is COCC(O)c1cccc(C)c1I. The van der Waals surface area contributed by atoms with Crippen LogP contribution in [-0.2, 0) is 4.74 Å². The van der Waals surface area contributed by atoms with Gasteiger partial charge in [-0.1, -0.05) is 18.2 Å². The van der Waals surface area contributed by atoms with Gasteiger partial charge in [0.1, 0.15) is 6.10 Å². The summed E-state index contributed by atoms with van der Waals surface area (Å²) in [7, 11) is 1.59. The molecule has 3 heteroatoms. The van der Waals surface area contributed by atoms with E-state index in [0.717, 1.165) is 9.13 Å². The molecule has 0 spiro atoms. The van der Waals surface area contributed by atoms with E-state index >= 15 is 0 Å². The van der Waals surface area contributed by atoms with Crippen molar-refractivity contribution in [1.29, 1.82) is 0 Å². The molecule has 0 amide bonds. The van der Waals surface area contributed by atoms with Crippen molar-refractivity contribution in [2.24, 2.45) is 0 Å². The lowest BCUT2D eigenvalue weighted by atomic mass is 10.1. The molecule has 13 heavy (non-hydrogen) atoms. The Morgan fingerprint density at radius 1 is 1.54 bits per heavy atom. The van der Waals surface area contributed by atoms with Gasteiger partial charge in [-0.25, -0.2) is 0 Å². The molecule has 1 aromatic rings. The summed E-state index contributed by atoms with van der Waals surface area (Å²) in [6, 6.07) is 5.91. The highest BCUT2D eigenvalue weighted by Crippen LogP contribution is 2.22. The summed E-state index contributed by atoms with van der Waals surface area (Å²) in [5.41, 5.74) is 2.13. The number of ether oxygens (including phenoxy) is 1. The van der Waals surface area contributed by atoms with Gasteiger partial charge in [0.2, 0.25) is 0 Å². The minimum absolute atomic E-state index is 0.347. The van der Waals surface area contributed by atoms with Crippen LogP contribution < -0.4 is 0 Å². The van der Waals surface area contributed by atoms with E-state index in [1.165, 1.54) is 5.56 Å². The summed E-state index contributed by atoms with van der Waals surface area (Å²) in [5, 5.41) is 9.70. The highest BCUT2D eigenvalue weighted by atomic mass is 127. The third-order valence-corrected chi connectivity index (χ3v) is 3.38. The lowest BCUT2D eigenvalue weighted by molar-refractivity contribution is 0.0638. The number of hydrogen-bond donors (Lipinski definition) is 1. The maximum atomic E-state index is 9.70. The van der Waals surface area contributed by atoms with E-state index in [-0.39, 0.29) is 0 Å². The Labute approximate surface area is 92.1 Å². The van der Waals surface area contributed by atoms with Crippen LogP contribution in [0.1, 0.15) is 17.2 Å². The van der Waals surface area contributed by atoms with Crippen LogP contribution >= 0.6 is 22.6 Å². The van der Waals surface area contributed by atoms with Crippen molar-refractivity contribution in [3.8, 4) is 0 Å². The maximum absolute atomic E-state index is 9.70. The Morgan fingerprint density at radius 2 is 2.23 bits per heavy atom. The second kappa shape index (κ2) is 4.93. The highest BCUT2D eigenvalue weighted by molar-refractivity contribution is 14.1. The van der Waals surface area contributed by atoms with E-state index in [1.807, 2.05) is 25.1 Å². The minimum atomic E-state index is -0.517. The van der Waals surface area contributed by atoms with Gasteiger partial charge in [-0.3, -0.25) is 0 Å². The first-order valence-corrected chi connectivity index (χ1v) is 5.16. The van der Waals surface area contributed by atoms with Crippen LogP contribution in [0.2, 0.25) is 0 Å². The molecule has 0 radical (unpaired) electrons. The third kappa shape index (κ3) is 2.65. The smallest absolute Gasteiger partial charge is 0.103 e. The molecule has 1 N–H and O–H groups in total. The van der Waals surface area contributed by atoms with Crippen LogP contribution in [-0.4, -0.2) is 18.8 Å². The van der Waals surface area contributed by atoms with Crippen molar-refractivity contribution in [1.82, 2.24) is 0 Å². The molecule has 2 nitrogen and oxygen atoms in total. The number of halogens is 1.